The largest absolute Gasteiger partial charge is 0.315 e. The molecule has 0 aromatic carbocycles. The van der Waals surface area contributed by atoms with Gasteiger partial charge in [-0.2, -0.15) is 0 Å². The lowest BCUT2D eigenvalue weighted by Crippen LogP contribution is -2.37. The van der Waals surface area contributed by atoms with Crippen molar-refractivity contribution >= 4 is 0 Å². The lowest BCUT2D eigenvalue weighted by molar-refractivity contribution is 0.225. The highest BCUT2D eigenvalue weighted by Gasteiger charge is 2.13. The van der Waals surface area contributed by atoms with E-state index in [0.717, 1.165) is 18.4 Å². The zero-order valence-electron chi connectivity index (χ0n) is 13.0. The molecule has 18 heavy (non-hydrogen) atoms. The number of hydrogen-bond acceptors (Lipinski definition) is 2. The van der Waals surface area contributed by atoms with Crippen LogP contribution in [-0.4, -0.2) is 37.6 Å². The van der Waals surface area contributed by atoms with Gasteiger partial charge < -0.3 is 10.2 Å². The predicted molar refractivity (Wildman–Crippen MR) is 81.0 cm³/mol. The molecule has 0 aromatic rings. The van der Waals surface area contributed by atoms with Gasteiger partial charge in [0.2, 0.25) is 0 Å². The highest BCUT2D eigenvalue weighted by Crippen LogP contribution is 2.22. The molecule has 1 aliphatic carbocycles. The SMILES string of the molecule is CC(C)CC(C)N(C)CCNCC1CCCCC1. The first kappa shape index (κ1) is 16.0. The summed E-state index contributed by atoms with van der Waals surface area (Å²) in [5.41, 5.74) is 0. The minimum atomic E-state index is 0.710. The van der Waals surface area contributed by atoms with Crippen molar-refractivity contribution in [1.82, 2.24) is 10.2 Å². The van der Waals surface area contributed by atoms with Crippen LogP contribution < -0.4 is 5.32 Å². The maximum absolute atomic E-state index is 3.65. The quantitative estimate of drug-likeness (QED) is 0.667. The Balaban J connectivity index is 2.02. The van der Waals surface area contributed by atoms with Gasteiger partial charge in [0, 0.05) is 19.1 Å². The molecule has 1 rings (SSSR count). The van der Waals surface area contributed by atoms with Gasteiger partial charge in [-0.15, -0.1) is 0 Å². The Morgan fingerprint density at radius 1 is 1.11 bits per heavy atom. The topological polar surface area (TPSA) is 15.3 Å². The highest BCUT2D eigenvalue weighted by molar-refractivity contribution is 4.70. The number of hydrogen-bond donors (Lipinski definition) is 1. The van der Waals surface area contributed by atoms with Crippen LogP contribution in [0.3, 0.4) is 0 Å². The first-order chi connectivity index (χ1) is 8.59. The molecule has 0 aromatic heterocycles. The summed E-state index contributed by atoms with van der Waals surface area (Å²) in [5, 5.41) is 3.65. The van der Waals surface area contributed by atoms with Crippen molar-refractivity contribution in [3.63, 3.8) is 0 Å². The number of nitrogens with one attached hydrogen (secondary N) is 1. The Kier molecular flexibility index (Phi) is 7.92. The summed E-state index contributed by atoms with van der Waals surface area (Å²) in [7, 11) is 2.26. The van der Waals surface area contributed by atoms with Gasteiger partial charge in [0.25, 0.3) is 0 Å². The Morgan fingerprint density at radius 3 is 2.39 bits per heavy atom. The molecule has 108 valence electrons. The van der Waals surface area contributed by atoms with E-state index in [2.05, 4.69) is 38.0 Å². The van der Waals surface area contributed by atoms with Crippen LogP contribution in [0.2, 0.25) is 0 Å². The molecule has 2 nitrogen and oxygen atoms in total. The normalized spacial score (nSPS) is 19.7. The average molecular weight is 254 g/mol. The third-order valence-electron chi connectivity index (χ3n) is 4.36. The Hall–Kier alpha value is -0.0800. The molecule has 0 radical (unpaired) electrons. The fraction of sp³-hybridized carbons (Fsp3) is 1.00. The van der Waals surface area contributed by atoms with E-state index in [1.165, 1.54) is 51.6 Å². The minimum absolute atomic E-state index is 0.710. The van der Waals surface area contributed by atoms with Crippen molar-refractivity contribution in [2.24, 2.45) is 11.8 Å². The van der Waals surface area contributed by atoms with Crippen LogP contribution in [0, 0.1) is 11.8 Å². The van der Waals surface area contributed by atoms with Crippen molar-refractivity contribution in [2.45, 2.75) is 65.3 Å². The van der Waals surface area contributed by atoms with Gasteiger partial charge in [-0.1, -0.05) is 33.1 Å². The molecule has 0 heterocycles. The molecule has 1 fully saturated rings. The highest BCUT2D eigenvalue weighted by atomic mass is 15.1. The molecule has 1 aliphatic rings. The first-order valence-electron chi connectivity index (χ1n) is 8.00. The van der Waals surface area contributed by atoms with Crippen LogP contribution >= 0.6 is 0 Å². The van der Waals surface area contributed by atoms with Gasteiger partial charge in [-0.3, -0.25) is 0 Å². The zero-order valence-corrected chi connectivity index (χ0v) is 13.0. The molecule has 1 N–H and O–H groups in total. The molecule has 0 aliphatic heterocycles. The van der Waals surface area contributed by atoms with Crippen molar-refractivity contribution < 1.29 is 0 Å². The fourth-order valence-electron chi connectivity index (χ4n) is 3.04. The van der Waals surface area contributed by atoms with Gasteiger partial charge in [0.05, 0.1) is 0 Å². The third-order valence-corrected chi connectivity index (χ3v) is 4.36. The van der Waals surface area contributed by atoms with Gasteiger partial charge in [-0.05, 0) is 51.6 Å². The maximum Gasteiger partial charge on any atom is 0.0107 e. The van der Waals surface area contributed by atoms with Crippen molar-refractivity contribution in [1.29, 1.82) is 0 Å². The fourth-order valence-corrected chi connectivity index (χ4v) is 3.04. The minimum Gasteiger partial charge on any atom is -0.315 e. The van der Waals surface area contributed by atoms with Crippen molar-refractivity contribution in [2.75, 3.05) is 26.7 Å². The summed E-state index contributed by atoms with van der Waals surface area (Å²) in [6.07, 6.45) is 8.58. The molecule has 0 bridgehead atoms. The van der Waals surface area contributed by atoms with Crippen LogP contribution in [0.15, 0.2) is 0 Å². The van der Waals surface area contributed by atoms with Gasteiger partial charge in [-0.25, -0.2) is 0 Å². The monoisotopic (exact) mass is 254 g/mol. The van der Waals surface area contributed by atoms with E-state index in [9.17, 15) is 0 Å². The van der Waals surface area contributed by atoms with Crippen molar-refractivity contribution in [3.8, 4) is 0 Å². The molecule has 0 amide bonds. The summed E-state index contributed by atoms with van der Waals surface area (Å²) in [6.45, 7) is 10.5. The summed E-state index contributed by atoms with van der Waals surface area (Å²) >= 11 is 0. The Bertz CT molecular complexity index is 197. The second-order valence-electron chi connectivity index (χ2n) is 6.67. The van der Waals surface area contributed by atoms with Crippen LogP contribution in [0.5, 0.6) is 0 Å². The van der Waals surface area contributed by atoms with E-state index in [4.69, 9.17) is 0 Å². The predicted octanol–water partition coefficient (Wildman–Crippen LogP) is 3.52. The molecular formula is C16H34N2. The van der Waals surface area contributed by atoms with Gasteiger partial charge >= 0.3 is 0 Å². The third kappa shape index (κ3) is 6.75. The van der Waals surface area contributed by atoms with Crippen molar-refractivity contribution in [3.05, 3.63) is 0 Å². The average Bonchev–Trinajstić information content (AvgIpc) is 2.34. The first-order valence-corrected chi connectivity index (χ1v) is 8.00. The lowest BCUT2D eigenvalue weighted by atomic mass is 9.89. The number of likely N-dealkylation sites (N-methyl/N-ethyl adjacent to an activating group) is 1. The lowest BCUT2D eigenvalue weighted by Gasteiger charge is -2.27. The zero-order chi connectivity index (χ0) is 13.4. The van der Waals surface area contributed by atoms with Crippen LogP contribution in [0.25, 0.3) is 0 Å². The summed E-state index contributed by atoms with van der Waals surface area (Å²) in [6, 6.07) is 0.710. The second kappa shape index (κ2) is 8.92. The summed E-state index contributed by atoms with van der Waals surface area (Å²) < 4.78 is 0. The Labute approximate surface area is 115 Å². The molecule has 1 unspecified atom stereocenters. The molecule has 0 saturated heterocycles. The van der Waals surface area contributed by atoms with E-state index >= 15 is 0 Å². The van der Waals surface area contributed by atoms with Gasteiger partial charge in [0.1, 0.15) is 0 Å². The van der Waals surface area contributed by atoms with Crippen LogP contribution in [0.1, 0.15) is 59.3 Å². The molecule has 2 heteroatoms. The molecule has 1 saturated carbocycles. The maximum atomic E-state index is 3.65. The van der Waals surface area contributed by atoms with E-state index in [1.807, 2.05) is 0 Å². The molecule has 1 atom stereocenters. The van der Waals surface area contributed by atoms with E-state index < -0.39 is 0 Å². The van der Waals surface area contributed by atoms with E-state index in [0.29, 0.717) is 6.04 Å². The van der Waals surface area contributed by atoms with E-state index in [1.54, 1.807) is 0 Å². The molecule has 0 spiro atoms. The second-order valence-corrected chi connectivity index (χ2v) is 6.67. The van der Waals surface area contributed by atoms with E-state index in [-0.39, 0.29) is 0 Å². The smallest absolute Gasteiger partial charge is 0.0107 e. The number of rotatable bonds is 8. The summed E-state index contributed by atoms with van der Waals surface area (Å²) in [4.78, 5) is 2.49. The standard InChI is InChI=1S/C16H34N2/c1-14(2)12-15(3)18(4)11-10-17-13-16-8-6-5-7-9-16/h14-17H,5-13H2,1-4H3. The van der Waals surface area contributed by atoms with Crippen LogP contribution in [-0.2, 0) is 0 Å². The number of nitrogens with zero attached hydrogens (tertiary/aromatic N) is 1. The van der Waals surface area contributed by atoms with Gasteiger partial charge in [0.15, 0.2) is 0 Å². The Morgan fingerprint density at radius 2 is 1.78 bits per heavy atom. The van der Waals surface area contributed by atoms with Crippen LogP contribution in [0.4, 0.5) is 0 Å². The molecular weight excluding hydrogens is 220 g/mol. The summed E-state index contributed by atoms with van der Waals surface area (Å²) in [5.74, 6) is 1.76.